The summed E-state index contributed by atoms with van der Waals surface area (Å²) in [6.45, 7) is 4.08. The first-order valence-electron chi connectivity index (χ1n) is 8.12. The minimum Gasteiger partial charge on any atom is -0.467 e. The molecule has 122 valence electrons. The Balaban J connectivity index is 2.14. The number of H-pyrrole nitrogens is 1. The number of carbonyl (C=O) groups excluding carboxylic acids is 2. The Morgan fingerprint density at radius 2 is 2.04 bits per heavy atom. The first-order valence-corrected chi connectivity index (χ1v) is 8.12. The number of esters is 1. The van der Waals surface area contributed by atoms with Gasteiger partial charge in [-0.1, -0.05) is 32.0 Å². The molecule has 0 fully saturated rings. The molecule has 5 heteroatoms. The summed E-state index contributed by atoms with van der Waals surface area (Å²) in [7, 11) is 1.38. The summed E-state index contributed by atoms with van der Waals surface area (Å²) in [5, 5.41) is 1.01. The molecule has 1 atom stereocenters. The second-order valence-electron chi connectivity index (χ2n) is 5.95. The lowest BCUT2D eigenvalue weighted by Crippen LogP contribution is -2.54. The van der Waals surface area contributed by atoms with E-state index in [2.05, 4.69) is 4.98 Å². The van der Waals surface area contributed by atoms with Crippen molar-refractivity contribution in [2.24, 2.45) is 0 Å². The lowest BCUT2D eigenvalue weighted by Gasteiger charge is -2.38. The van der Waals surface area contributed by atoms with Crippen LogP contribution in [0.25, 0.3) is 10.9 Å². The van der Waals surface area contributed by atoms with Gasteiger partial charge in [-0.25, -0.2) is 4.79 Å². The zero-order valence-electron chi connectivity index (χ0n) is 13.8. The van der Waals surface area contributed by atoms with Gasteiger partial charge in [-0.15, -0.1) is 0 Å². The molecule has 0 aliphatic carbocycles. The quantitative estimate of drug-likeness (QED) is 0.883. The van der Waals surface area contributed by atoms with Gasteiger partial charge in [0.2, 0.25) is 0 Å². The Kier molecular flexibility index (Phi) is 4.11. The number of aromatic nitrogens is 1. The van der Waals surface area contributed by atoms with E-state index in [0.29, 0.717) is 12.1 Å². The molecule has 3 rings (SSSR count). The molecule has 0 bridgehead atoms. The van der Waals surface area contributed by atoms with Crippen LogP contribution in [-0.4, -0.2) is 41.0 Å². The Bertz CT molecular complexity index is 746. The first-order chi connectivity index (χ1) is 11.1. The SMILES string of the molecule is CCC(CC)N1C(=O)c2[nH]c3ccccc3c2CC1C(=O)OC. The van der Waals surface area contributed by atoms with E-state index in [0.717, 1.165) is 29.3 Å². The fourth-order valence-electron chi connectivity index (χ4n) is 3.59. The molecule has 0 saturated heterocycles. The molecular formula is C18H22N2O3. The molecule has 1 aliphatic heterocycles. The molecule has 0 spiro atoms. The number of carbonyl (C=O) groups is 2. The summed E-state index contributed by atoms with van der Waals surface area (Å²) in [4.78, 5) is 30.3. The van der Waals surface area contributed by atoms with Gasteiger partial charge < -0.3 is 14.6 Å². The zero-order chi connectivity index (χ0) is 16.6. The maximum absolute atomic E-state index is 13.1. The van der Waals surface area contributed by atoms with E-state index in [-0.39, 0.29) is 17.9 Å². The Morgan fingerprint density at radius 3 is 2.70 bits per heavy atom. The van der Waals surface area contributed by atoms with Gasteiger partial charge in [0, 0.05) is 23.4 Å². The number of hydrogen-bond acceptors (Lipinski definition) is 3. The third-order valence-electron chi connectivity index (χ3n) is 4.80. The second-order valence-corrected chi connectivity index (χ2v) is 5.95. The number of amides is 1. The van der Waals surface area contributed by atoms with Gasteiger partial charge in [-0.05, 0) is 24.5 Å². The number of benzene rings is 1. The molecule has 2 aromatic rings. The number of rotatable bonds is 4. The van der Waals surface area contributed by atoms with Crippen LogP contribution < -0.4 is 0 Å². The molecule has 0 saturated carbocycles. The van der Waals surface area contributed by atoms with Crippen molar-refractivity contribution in [3.63, 3.8) is 0 Å². The number of fused-ring (bicyclic) bond motifs is 3. The van der Waals surface area contributed by atoms with Gasteiger partial charge in [0.25, 0.3) is 5.91 Å². The maximum atomic E-state index is 13.1. The van der Waals surface area contributed by atoms with E-state index in [9.17, 15) is 9.59 Å². The van der Waals surface area contributed by atoms with Crippen LogP contribution in [-0.2, 0) is 16.0 Å². The zero-order valence-corrected chi connectivity index (χ0v) is 13.8. The Hall–Kier alpha value is -2.30. The summed E-state index contributed by atoms with van der Waals surface area (Å²) in [6, 6.07) is 7.30. The van der Waals surface area contributed by atoms with Gasteiger partial charge in [0.15, 0.2) is 0 Å². The number of aromatic amines is 1. The van der Waals surface area contributed by atoms with Crippen LogP contribution in [0, 0.1) is 0 Å². The van der Waals surface area contributed by atoms with E-state index >= 15 is 0 Å². The molecule has 1 aromatic heterocycles. The molecule has 1 amide bonds. The van der Waals surface area contributed by atoms with Crippen molar-refractivity contribution in [1.29, 1.82) is 0 Å². The van der Waals surface area contributed by atoms with Crippen LogP contribution >= 0.6 is 0 Å². The summed E-state index contributed by atoms with van der Waals surface area (Å²) in [5.41, 5.74) is 2.46. The maximum Gasteiger partial charge on any atom is 0.328 e. The van der Waals surface area contributed by atoms with Crippen LogP contribution in [0.1, 0.15) is 42.7 Å². The van der Waals surface area contributed by atoms with Gasteiger partial charge in [0.1, 0.15) is 11.7 Å². The number of nitrogens with zero attached hydrogens (tertiary/aromatic N) is 1. The highest BCUT2D eigenvalue weighted by Gasteiger charge is 2.41. The van der Waals surface area contributed by atoms with E-state index in [4.69, 9.17) is 4.74 Å². The predicted octanol–water partition coefficient (Wildman–Crippen LogP) is 2.90. The predicted molar refractivity (Wildman–Crippen MR) is 88.3 cm³/mol. The smallest absolute Gasteiger partial charge is 0.328 e. The van der Waals surface area contributed by atoms with Gasteiger partial charge in [0.05, 0.1) is 7.11 Å². The van der Waals surface area contributed by atoms with Gasteiger partial charge in [-0.3, -0.25) is 4.79 Å². The second kappa shape index (κ2) is 6.07. The highest BCUT2D eigenvalue weighted by molar-refractivity contribution is 6.04. The highest BCUT2D eigenvalue weighted by atomic mass is 16.5. The number of hydrogen-bond donors (Lipinski definition) is 1. The summed E-state index contributed by atoms with van der Waals surface area (Å²) < 4.78 is 4.97. The molecule has 1 unspecified atom stereocenters. The summed E-state index contributed by atoms with van der Waals surface area (Å²) >= 11 is 0. The van der Waals surface area contributed by atoms with Crippen LogP contribution in [0.5, 0.6) is 0 Å². The fourth-order valence-corrected chi connectivity index (χ4v) is 3.59. The number of nitrogens with one attached hydrogen (secondary N) is 1. The van der Waals surface area contributed by atoms with E-state index in [1.165, 1.54) is 7.11 Å². The summed E-state index contributed by atoms with van der Waals surface area (Å²) in [5.74, 6) is -0.451. The first kappa shape index (κ1) is 15.6. The van der Waals surface area contributed by atoms with Crippen molar-refractivity contribution >= 4 is 22.8 Å². The summed E-state index contributed by atoms with van der Waals surface area (Å²) in [6.07, 6.45) is 2.12. The van der Waals surface area contributed by atoms with Crippen LogP contribution in [0.4, 0.5) is 0 Å². The lowest BCUT2D eigenvalue weighted by molar-refractivity contribution is -0.147. The normalized spacial score (nSPS) is 17.7. The third kappa shape index (κ3) is 2.40. The average Bonchev–Trinajstić information content (AvgIpc) is 2.96. The van der Waals surface area contributed by atoms with Crippen molar-refractivity contribution < 1.29 is 14.3 Å². The monoisotopic (exact) mass is 314 g/mol. The number of ether oxygens (including phenoxy) is 1. The molecule has 1 aromatic carbocycles. The van der Waals surface area contributed by atoms with Gasteiger partial charge >= 0.3 is 5.97 Å². The van der Waals surface area contributed by atoms with Crippen LogP contribution in [0.3, 0.4) is 0 Å². The van der Waals surface area contributed by atoms with Crippen molar-refractivity contribution in [3.05, 3.63) is 35.5 Å². The molecule has 1 aliphatic rings. The van der Waals surface area contributed by atoms with Crippen LogP contribution in [0.15, 0.2) is 24.3 Å². The molecular weight excluding hydrogens is 292 g/mol. The fraction of sp³-hybridized carbons (Fsp3) is 0.444. The minimum atomic E-state index is -0.552. The van der Waals surface area contributed by atoms with E-state index in [1.54, 1.807) is 4.90 Å². The van der Waals surface area contributed by atoms with Crippen molar-refractivity contribution in [2.75, 3.05) is 7.11 Å². The minimum absolute atomic E-state index is 0.0335. The number of methoxy groups -OCH3 is 1. The third-order valence-corrected chi connectivity index (χ3v) is 4.80. The Labute approximate surface area is 135 Å². The van der Waals surface area contributed by atoms with Crippen molar-refractivity contribution in [1.82, 2.24) is 9.88 Å². The average molecular weight is 314 g/mol. The van der Waals surface area contributed by atoms with Crippen molar-refractivity contribution in [3.8, 4) is 0 Å². The molecule has 0 radical (unpaired) electrons. The van der Waals surface area contributed by atoms with E-state index in [1.807, 2.05) is 38.1 Å². The Morgan fingerprint density at radius 1 is 1.35 bits per heavy atom. The van der Waals surface area contributed by atoms with Crippen LogP contribution in [0.2, 0.25) is 0 Å². The van der Waals surface area contributed by atoms with Gasteiger partial charge in [-0.2, -0.15) is 0 Å². The van der Waals surface area contributed by atoms with Crippen molar-refractivity contribution in [2.45, 2.75) is 45.2 Å². The molecule has 5 nitrogen and oxygen atoms in total. The standard InChI is InChI=1S/C18H22N2O3/c1-4-11(5-2)20-15(18(22)23-3)10-13-12-8-6-7-9-14(12)19-16(13)17(20)21/h6-9,11,15,19H,4-5,10H2,1-3H3. The molecule has 1 N–H and O–H groups in total. The number of para-hydroxylation sites is 1. The van der Waals surface area contributed by atoms with E-state index < -0.39 is 6.04 Å². The highest BCUT2D eigenvalue weighted by Crippen LogP contribution is 2.32. The topological polar surface area (TPSA) is 62.4 Å². The largest absolute Gasteiger partial charge is 0.467 e. The lowest BCUT2D eigenvalue weighted by atomic mass is 9.93. The molecule has 23 heavy (non-hydrogen) atoms. The molecule has 2 heterocycles.